The number of hydrogen-bond acceptors (Lipinski definition) is 2. The highest BCUT2D eigenvalue weighted by atomic mass is 35.5. The van der Waals surface area contributed by atoms with E-state index in [4.69, 9.17) is 22.1 Å². The van der Waals surface area contributed by atoms with Gasteiger partial charge in [0.05, 0.1) is 6.61 Å². The average molecular weight is 308 g/mol. The summed E-state index contributed by atoms with van der Waals surface area (Å²) in [6.45, 7) is 4.47. The van der Waals surface area contributed by atoms with E-state index >= 15 is 0 Å². The molecule has 0 radical (unpaired) electrons. The summed E-state index contributed by atoms with van der Waals surface area (Å²) in [6.07, 6.45) is 0.328. The molecule has 112 valence electrons. The third-order valence-corrected chi connectivity index (χ3v) is 3.70. The van der Waals surface area contributed by atoms with Crippen molar-refractivity contribution in [3.63, 3.8) is 0 Å². The third-order valence-electron chi connectivity index (χ3n) is 3.35. The van der Waals surface area contributed by atoms with Crippen LogP contribution in [0.4, 0.5) is 4.39 Å². The van der Waals surface area contributed by atoms with E-state index in [2.05, 4.69) is 0 Å². The normalized spacial score (nSPS) is 12.2. The van der Waals surface area contributed by atoms with Gasteiger partial charge in [-0.2, -0.15) is 0 Å². The van der Waals surface area contributed by atoms with Crippen LogP contribution in [0, 0.1) is 12.7 Å². The van der Waals surface area contributed by atoms with Crippen LogP contribution < -0.4 is 10.5 Å². The summed E-state index contributed by atoms with van der Waals surface area (Å²) >= 11 is 6.07. The molecule has 21 heavy (non-hydrogen) atoms. The fraction of sp³-hybridized carbons (Fsp3) is 0.294. The van der Waals surface area contributed by atoms with Gasteiger partial charge in [-0.15, -0.1) is 0 Å². The first-order chi connectivity index (χ1) is 10.0. The molecule has 2 rings (SSSR count). The Balaban J connectivity index is 2.32. The summed E-state index contributed by atoms with van der Waals surface area (Å²) in [6, 6.07) is 10.1. The number of aryl methyl sites for hydroxylation is 1. The summed E-state index contributed by atoms with van der Waals surface area (Å²) in [5.74, 6) is 0.409. The van der Waals surface area contributed by atoms with Crippen molar-refractivity contribution >= 4 is 11.6 Å². The predicted molar refractivity (Wildman–Crippen MR) is 84.4 cm³/mol. The molecule has 1 atom stereocenters. The van der Waals surface area contributed by atoms with Gasteiger partial charge in [0.2, 0.25) is 0 Å². The van der Waals surface area contributed by atoms with Gasteiger partial charge in [-0.1, -0.05) is 35.4 Å². The molecule has 4 heteroatoms. The smallest absolute Gasteiger partial charge is 0.127 e. The molecule has 2 N–H and O–H groups in total. The molecule has 1 unspecified atom stereocenters. The van der Waals surface area contributed by atoms with E-state index in [0.717, 1.165) is 16.9 Å². The van der Waals surface area contributed by atoms with Crippen LogP contribution in [0.15, 0.2) is 36.4 Å². The standard InChI is InChI=1S/C17H19ClFNO/c1-3-21-17-8-7-11(2)9-13(17)16(20)10-12-14(18)5-4-6-15(12)19/h4-9,16H,3,10,20H2,1-2H3. The van der Waals surface area contributed by atoms with Crippen LogP contribution in [0.5, 0.6) is 5.75 Å². The van der Waals surface area contributed by atoms with E-state index in [1.807, 2.05) is 32.0 Å². The van der Waals surface area contributed by atoms with Gasteiger partial charge in [0.1, 0.15) is 11.6 Å². The van der Waals surface area contributed by atoms with Crippen molar-refractivity contribution in [2.24, 2.45) is 5.73 Å². The van der Waals surface area contributed by atoms with E-state index < -0.39 is 0 Å². The molecule has 2 aromatic carbocycles. The molecule has 0 bridgehead atoms. The van der Waals surface area contributed by atoms with Crippen LogP contribution >= 0.6 is 11.6 Å². The number of hydrogen-bond donors (Lipinski definition) is 1. The Morgan fingerprint density at radius 2 is 2.05 bits per heavy atom. The predicted octanol–water partition coefficient (Wildman–Crippen LogP) is 4.43. The molecule has 0 saturated carbocycles. The molecule has 0 aliphatic rings. The minimum atomic E-state index is -0.374. The van der Waals surface area contributed by atoms with Gasteiger partial charge >= 0.3 is 0 Å². The Hall–Kier alpha value is -1.58. The number of nitrogens with two attached hydrogens (primary N) is 1. The van der Waals surface area contributed by atoms with E-state index in [9.17, 15) is 4.39 Å². The maximum absolute atomic E-state index is 13.9. The lowest BCUT2D eigenvalue weighted by Crippen LogP contribution is -2.16. The molecule has 0 heterocycles. The molecule has 2 nitrogen and oxygen atoms in total. The van der Waals surface area contributed by atoms with Crippen molar-refractivity contribution in [3.8, 4) is 5.75 Å². The van der Waals surface area contributed by atoms with Gasteiger partial charge in [-0.05, 0) is 38.5 Å². The van der Waals surface area contributed by atoms with Crippen molar-refractivity contribution in [2.45, 2.75) is 26.3 Å². The Bertz CT molecular complexity index is 610. The van der Waals surface area contributed by atoms with E-state index in [1.165, 1.54) is 6.07 Å². The average Bonchev–Trinajstić information content (AvgIpc) is 2.45. The van der Waals surface area contributed by atoms with Gasteiger partial charge in [0, 0.05) is 22.2 Å². The lowest BCUT2D eigenvalue weighted by Gasteiger charge is -2.18. The van der Waals surface area contributed by atoms with Crippen LogP contribution in [0.25, 0.3) is 0 Å². The first-order valence-electron chi connectivity index (χ1n) is 6.94. The van der Waals surface area contributed by atoms with Crippen LogP contribution in [-0.2, 0) is 6.42 Å². The van der Waals surface area contributed by atoms with Gasteiger partial charge in [0.25, 0.3) is 0 Å². The second kappa shape index (κ2) is 6.92. The lowest BCUT2D eigenvalue weighted by molar-refractivity contribution is 0.334. The minimum absolute atomic E-state index is 0.328. The highest BCUT2D eigenvalue weighted by Gasteiger charge is 2.17. The number of benzene rings is 2. The molecular formula is C17H19ClFNO. The Morgan fingerprint density at radius 3 is 2.71 bits per heavy atom. The molecule has 0 aliphatic carbocycles. The molecule has 2 aromatic rings. The second-order valence-corrected chi connectivity index (χ2v) is 5.39. The van der Waals surface area contributed by atoms with Crippen LogP contribution in [0.1, 0.15) is 29.7 Å². The SMILES string of the molecule is CCOc1ccc(C)cc1C(N)Cc1c(F)cccc1Cl. The number of ether oxygens (including phenoxy) is 1. The zero-order valence-corrected chi connectivity index (χ0v) is 13.0. The molecule has 0 fully saturated rings. The quantitative estimate of drug-likeness (QED) is 0.887. The Labute approximate surface area is 129 Å². The summed E-state index contributed by atoms with van der Waals surface area (Å²) in [7, 11) is 0. The fourth-order valence-corrected chi connectivity index (χ4v) is 2.54. The van der Waals surface area contributed by atoms with Gasteiger partial charge in [-0.3, -0.25) is 0 Å². The van der Waals surface area contributed by atoms with Gasteiger partial charge in [-0.25, -0.2) is 4.39 Å². The largest absolute Gasteiger partial charge is 0.494 e. The van der Waals surface area contributed by atoms with Gasteiger partial charge < -0.3 is 10.5 Å². The van der Waals surface area contributed by atoms with Crippen LogP contribution in [-0.4, -0.2) is 6.61 Å². The van der Waals surface area contributed by atoms with E-state index in [0.29, 0.717) is 23.6 Å². The number of halogens is 2. The molecule has 0 amide bonds. The molecule has 0 spiro atoms. The summed E-state index contributed by atoms with van der Waals surface area (Å²) < 4.78 is 19.5. The molecule has 0 saturated heterocycles. The van der Waals surface area contributed by atoms with Crippen molar-refractivity contribution in [1.29, 1.82) is 0 Å². The highest BCUT2D eigenvalue weighted by Crippen LogP contribution is 2.30. The fourth-order valence-electron chi connectivity index (χ4n) is 2.30. The van der Waals surface area contributed by atoms with Crippen molar-refractivity contribution in [1.82, 2.24) is 0 Å². The van der Waals surface area contributed by atoms with Crippen molar-refractivity contribution < 1.29 is 9.13 Å². The summed E-state index contributed by atoms with van der Waals surface area (Å²) in [4.78, 5) is 0. The maximum atomic E-state index is 13.9. The van der Waals surface area contributed by atoms with Gasteiger partial charge in [0.15, 0.2) is 0 Å². The van der Waals surface area contributed by atoms with Crippen LogP contribution in [0.3, 0.4) is 0 Å². The monoisotopic (exact) mass is 307 g/mol. The van der Waals surface area contributed by atoms with Crippen LogP contribution in [0.2, 0.25) is 5.02 Å². The van der Waals surface area contributed by atoms with Crippen molar-refractivity contribution in [3.05, 3.63) is 63.9 Å². The lowest BCUT2D eigenvalue weighted by atomic mass is 9.97. The first kappa shape index (κ1) is 15.8. The molecular weight excluding hydrogens is 289 g/mol. The molecule has 0 aliphatic heterocycles. The number of rotatable bonds is 5. The molecule has 0 aromatic heterocycles. The third kappa shape index (κ3) is 3.74. The van der Waals surface area contributed by atoms with Crippen molar-refractivity contribution in [2.75, 3.05) is 6.61 Å². The summed E-state index contributed by atoms with van der Waals surface area (Å²) in [5.41, 5.74) is 8.66. The maximum Gasteiger partial charge on any atom is 0.127 e. The zero-order valence-electron chi connectivity index (χ0n) is 12.2. The first-order valence-corrected chi connectivity index (χ1v) is 7.32. The topological polar surface area (TPSA) is 35.2 Å². The zero-order chi connectivity index (χ0) is 15.4. The summed E-state index contributed by atoms with van der Waals surface area (Å²) in [5, 5.41) is 0.399. The Kier molecular flexibility index (Phi) is 5.21. The van der Waals surface area contributed by atoms with E-state index in [1.54, 1.807) is 12.1 Å². The van der Waals surface area contributed by atoms with E-state index in [-0.39, 0.29) is 11.9 Å². The Morgan fingerprint density at radius 1 is 1.29 bits per heavy atom. The minimum Gasteiger partial charge on any atom is -0.494 e. The second-order valence-electron chi connectivity index (χ2n) is 4.99. The highest BCUT2D eigenvalue weighted by molar-refractivity contribution is 6.31.